The van der Waals surface area contributed by atoms with Crippen LogP contribution in [0.2, 0.25) is 5.15 Å². The molecule has 0 atom stereocenters. The molecular weight excluding hydrogens is 215 g/mol. The summed E-state index contributed by atoms with van der Waals surface area (Å²) in [5, 5.41) is 2.86. The maximum absolute atomic E-state index is 10.5. The van der Waals surface area contributed by atoms with Gasteiger partial charge in [-0.3, -0.25) is 4.57 Å². The van der Waals surface area contributed by atoms with E-state index < -0.39 is 13.9 Å². The standard InChI is InChI=1S/C6H8ClN2O3P/c7-6-2-1-5(3-8-6)9-4-13(10,11)12/h1-3,9H,4H2,(H2,10,11,12). The van der Waals surface area contributed by atoms with E-state index in [1.807, 2.05) is 0 Å². The van der Waals surface area contributed by atoms with Gasteiger partial charge >= 0.3 is 7.60 Å². The highest BCUT2D eigenvalue weighted by molar-refractivity contribution is 7.51. The van der Waals surface area contributed by atoms with Crippen LogP contribution in [0, 0.1) is 0 Å². The third-order valence-corrected chi connectivity index (χ3v) is 2.01. The number of hydrogen-bond donors (Lipinski definition) is 3. The zero-order valence-electron chi connectivity index (χ0n) is 6.51. The molecular formula is C6H8ClN2O3P. The van der Waals surface area contributed by atoms with Gasteiger partial charge < -0.3 is 15.1 Å². The lowest BCUT2D eigenvalue weighted by atomic mass is 10.4. The Hall–Kier alpha value is -0.610. The van der Waals surface area contributed by atoms with Crippen LogP contribution in [0.15, 0.2) is 18.3 Å². The first-order valence-corrected chi connectivity index (χ1v) is 5.55. The number of nitrogens with zero attached hydrogens (tertiary/aromatic N) is 1. The second-order valence-corrected chi connectivity index (χ2v) is 4.40. The Morgan fingerprint density at radius 3 is 2.69 bits per heavy atom. The van der Waals surface area contributed by atoms with Crippen molar-refractivity contribution in [1.29, 1.82) is 0 Å². The smallest absolute Gasteiger partial charge is 0.344 e. The lowest BCUT2D eigenvalue weighted by molar-refractivity contribution is 0.375. The van der Waals surface area contributed by atoms with Crippen LogP contribution in [0.25, 0.3) is 0 Å². The highest BCUT2D eigenvalue weighted by Gasteiger charge is 2.11. The van der Waals surface area contributed by atoms with E-state index in [0.29, 0.717) is 10.8 Å². The number of hydrogen-bond acceptors (Lipinski definition) is 3. The summed E-state index contributed by atoms with van der Waals surface area (Å²) in [7, 11) is -4.01. The molecule has 0 aliphatic carbocycles. The molecule has 0 aromatic carbocycles. The number of pyridine rings is 1. The predicted octanol–water partition coefficient (Wildman–Crippen LogP) is 1.28. The van der Waals surface area contributed by atoms with Crippen molar-refractivity contribution in [2.75, 3.05) is 11.6 Å². The number of anilines is 1. The predicted molar refractivity (Wildman–Crippen MR) is 49.8 cm³/mol. The molecule has 0 saturated heterocycles. The van der Waals surface area contributed by atoms with Gasteiger partial charge in [-0.15, -0.1) is 0 Å². The van der Waals surface area contributed by atoms with Crippen molar-refractivity contribution < 1.29 is 14.4 Å². The Bertz CT molecular complexity index is 323. The van der Waals surface area contributed by atoms with Gasteiger partial charge in [0.25, 0.3) is 0 Å². The van der Waals surface area contributed by atoms with Gasteiger partial charge in [0, 0.05) is 0 Å². The van der Waals surface area contributed by atoms with E-state index in [-0.39, 0.29) is 0 Å². The molecule has 3 N–H and O–H groups in total. The van der Waals surface area contributed by atoms with Crippen LogP contribution in [0.4, 0.5) is 5.69 Å². The molecule has 72 valence electrons. The van der Waals surface area contributed by atoms with Gasteiger partial charge in [-0.25, -0.2) is 4.98 Å². The van der Waals surface area contributed by atoms with Crippen molar-refractivity contribution in [3.63, 3.8) is 0 Å². The molecule has 0 aliphatic heterocycles. The van der Waals surface area contributed by atoms with E-state index in [9.17, 15) is 4.57 Å². The molecule has 0 radical (unpaired) electrons. The minimum absolute atomic E-state index is 0.335. The first-order valence-electron chi connectivity index (χ1n) is 3.37. The van der Waals surface area contributed by atoms with Crippen molar-refractivity contribution in [3.8, 4) is 0 Å². The van der Waals surface area contributed by atoms with Crippen LogP contribution >= 0.6 is 19.2 Å². The van der Waals surface area contributed by atoms with Crippen LogP contribution in [0.3, 0.4) is 0 Å². The maximum atomic E-state index is 10.5. The summed E-state index contributed by atoms with van der Waals surface area (Å²) in [6, 6.07) is 3.12. The lowest BCUT2D eigenvalue weighted by Crippen LogP contribution is -2.01. The molecule has 0 spiro atoms. The topological polar surface area (TPSA) is 82.5 Å². The van der Waals surface area contributed by atoms with E-state index in [1.165, 1.54) is 12.3 Å². The zero-order valence-corrected chi connectivity index (χ0v) is 8.16. The average Bonchev–Trinajstić information content (AvgIpc) is 2.02. The van der Waals surface area contributed by atoms with E-state index in [2.05, 4.69) is 10.3 Å². The van der Waals surface area contributed by atoms with Crippen molar-refractivity contribution in [1.82, 2.24) is 4.98 Å². The quantitative estimate of drug-likeness (QED) is 0.530. The van der Waals surface area contributed by atoms with Crippen LogP contribution in [0.5, 0.6) is 0 Å². The SMILES string of the molecule is O=P(O)(O)CNc1ccc(Cl)nc1. The second kappa shape index (κ2) is 4.07. The minimum atomic E-state index is -4.01. The summed E-state index contributed by atoms with van der Waals surface area (Å²) in [6.07, 6.45) is 0.994. The highest BCUT2D eigenvalue weighted by Crippen LogP contribution is 2.33. The molecule has 1 aromatic rings. The van der Waals surface area contributed by atoms with Crippen LogP contribution < -0.4 is 5.32 Å². The fourth-order valence-electron chi connectivity index (χ4n) is 0.675. The summed E-state index contributed by atoms with van der Waals surface area (Å²) in [6.45, 7) is 0. The fraction of sp³-hybridized carbons (Fsp3) is 0.167. The molecule has 13 heavy (non-hydrogen) atoms. The van der Waals surface area contributed by atoms with Gasteiger partial charge in [-0.05, 0) is 12.1 Å². The third kappa shape index (κ3) is 4.24. The van der Waals surface area contributed by atoms with Crippen molar-refractivity contribution >= 4 is 24.9 Å². The normalized spacial score (nSPS) is 11.3. The molecule has 0 aliphatic rings. The first kappa shape index (κ1) is 10.5. The van der Waals surface area contributed by atoms with Crippen molar-refractivity contribution in [3.05, 3.63) is 23.5 Å². The van der Waals surface area contributed by atoms with Gasteiger partial charge in [-0.1, -0.05) is 11.6 Å². The second-order valence-electron chi connectivity index (χ2n) is 2.37. The molecule has 1 heterocycles. The van der Waals surface area contributed by atoms with Gasteiger partial charge in [0.1, 0.15) is 11.4 Å². The van der Waals surface area contributed by atoms with Crippen LogP contribution in [0.1, 0.15) is 0 Å². The molecule has 7 heteroatoms. The molecule has 1 aromatic heterocycles. The number of halogens is 1. The van der Waals surface area contributed by atoms with Crippen molar-refractivity contribution in [2.45, 2.75) is 0 Å². The molecule has 0 fully saturated rings. The molecule has 1 rings (SSSR count). The lowest BCUT2D eigenvalue weighted by Gasteiger charge is -2.06. The molecule has 0 unspecified atom stereocenters. The Morgan fingerprint density at radius 2 is 2.23 bits per heavy atom. The summed E-state index contributed by atoms with van der Waals surface area (Å²) in [5.41, 5.74) is 0.521. The molecule has 0 saturated carbocycles. The minimum Gasteiger partial charge on any atom is -0.373 e. The highest BCUT2D eigenvalue weighted by atomic mass is 35.5. The number of nitrogens with one attached hydrogen (secondary N) is 1. The summed E-state index contributed by atoms with van der Waals surface area (Å²) >= 11 is 5.51. The zero-order chi connectivity index (χ0) is 9.90. The Morgan fingerprint density at radius 1 is 1.54 bits per heavy atom. The van der Waals surface area contributed by atoms with E-state index in [0.717, 1.165) is 0 Å². The number of aromatic nitrogens is 1. The maximum Gasteiger partial charge on any atom is 0.344 e. The molecule has 0 amide bonds. The monoisotopic (exact) mass is 222 g/mol. The summed E-state index contributed by atoms with van der Waals surface area (Å²) < 4.78 is 10.5. The van der Waals surface area contributed by atoms with Crippen LogP contribution in [-0.4, -0.2) is 21.1 Å². The average molecular weight is 223 g/mol. The fourth-order valence-corrected chi connectivity index (χ4v) is 1.17. The Kier molecular flexibility index (Phi) is 3.27. The van der Waals surface area contributed by atoms with Crippen molar-refractivity contribution in [2.24, 2.45) is 0 Å². The summed E-state index contributed by atoms with van der Waals surface area (Å²) in [5.74, 6) is 0. The summed E-state index contributed by atoms with van der Waals surface area (Å²) in [4.78, 5) is 20.8. The van der Waals surface area contributed by atoms with Gasteiger partial charge in [-0.2, -0.15) is 0 Å². The van der Waals surface area contributed by atoms with Crippen LogP contribution in [-0.2, 0) is 4.57 Å². The largest absolute Gasteiger partial charge is 0.373 e. The Balaban J connectivity index is 2.56. The van der Waals surface area contributed by atoms with Gasteiger partial charge in [0.2, 0.25) is 0 Å². The van der Waals surface area contributed by atoms with E-state index in [4.69, 9.17) is 21.4 Å². The molecule has 5 nitrogen and oxygen atoms in total. The third-order valence-electron chi connectivity index (χ3n) is 1.22. The van der Waals surface area contributed by atoms with E-state index in [1.54, 1.807) is 6.07 Å². The molecule has 0 bridgehead atoms. The first-order chi connectivity index (χ1) is 5.97. The van der Waals surface area contributed by atoms with Gasteiger partial charge in [0.15, 0.2) is 0 Å². The van der Waals surface area contributed by atoms with E-state index >= 15 is 0 Å². The number of rotatable bonds is 3. The van der Waals surface area contributed by atoms with Gasteiger partial charge in [0.05, 0.1) is 11.9 Å². The Labute approximate surface area is 79.9 Å².